The fourth-order valence-corrected chi connectivity index (χ4v) is 4.42. The number of hydrogen-bond acceptors (Lipinski definition) is 14. The highest BCUT2D eigenvalue weighted by Crippen LogP contribution is 2.16. The fraction of sp³-hybridized carbons (Fsp3) is 0.353. The zero-order chi connectivity index (χ0) is 45.2. The Morgan fingerprint density at radius 2 is 1.15 bits per heavy atom. The van der Waals surface area contributed by atoms with Crippen molar-refractivity contribution in [3.05, 3.63) is 80.5 Å². The highest BCUT2D eigenvalue weighted by atomic mass is 16.7. The highest BCUT2D eigenvalue weighted by Gasteiger charge is 2.32. The van der Waals surface area contributed by atoms with E-state index in [1.807, 2.05) is 0 Å². The predicted octanol–water partition coefficient (Wildman–Crippen LogP) is -0.320. The van der Waals surface area contributed by atoms with Gasteiger partial charge in [0.1, 0.15) is 19.1 Å². The van der Waals surface area contributed by atoms with Crippen LogP contribution in [0, 0.1) is 0 Å². The summed E-state index contributed by atoms with van der Waals surface area (Å²) in [4.78, 5) is 121. The fourth-order valence-electron chi connectivity index (χ4n) is 4.42. The Morgan fingerprint density at radius 1 is 0.717 bits per heavy atom. The molecule has 2 unspecified atom stereocenters. The second-order valence-corrected chi connectivity index (χ2v) is 12.1. The van der Waals surface area contributed by atoms with Crippen molar-refractivity contribution < 1.29 is 63.0 Å². The molecule has 1 aliphatic rings. The molecule has 0 spiro atoms. The molecule has 0 aliphatic carbocycles. The summed E-state index contributed by atoms with van der Waals surface area (Å²) in [6.07, 6.45) is -0.111. The Bertz CT molecular complexity index is 1980. The molecule has 1 heterocycles. The molecule has 2 atom stereocenters. The Hall–Kier alpha value is -8.08. The first-order valence-corrected chi connectivity index (χ1v) is 17.3. The number of hydroxylamine groups is 2. The maximum Gasteiger partial charge on any atom is 0.337 e. The molecule has 320 valence electrons. The molecule has 1 fully saturated rings. The lowest BCUT2D eigenvalue weighted by atomic mass is 10.1. The Kier molecular flexibility index (Phi) is 22.2. The number of benzene rings is 2. The molecular weight excluding hydrogens is 798 g/mol. The first-order valence-electron chi connectivity index (χ1n) is 17.3. The molecule has 2 aromatic carbocycles. The first-order chi connectivity index (χ1) is 28.3. The van der Waals surface area contributed by atoms with Crippen molar-refractivity contribution in [1.82, 2.24) is 21.0 Å². The number of rotatable bonds is 20. The van der Waals surface area contributed by atoms with Crippen LogP contribution in [-0.4, -0.2) is 99.7 Å². The van der Waals surface area contributed by atoms with Crippen LogP contribution in [0.5, 0.6) is 0 Å². The van der Waals surface area contributed by atoms with Gasteiger partial charge in [-0.2, -0.15) is 0 Å². The molecule has 3 rings (SSSR count). The number of nitrogens with one attached hydrogen (secondary N) is 3. The Balaban J connectivity index is 0.000000472. The molecule has 2 aromatic rings. The van der Waals surface area contributed by atoms with Crippen LogP contribution in [0.25, 0.3) is 20.9 Å². The van der Waals surface area contributed by atoms with Crippen molar-refractivity contribution in [2.24, 2.45) is 27.4 Å². The third kappa shape index (κ3) is 21.3. The van der Waals surface area contributed by atoms with Gasteiger partial charge in [0.2, 0.25) is 29.5 Å². The van der Waals surface area contributed by atoms with Crippen LogP contribution in [0.3, 0.4) is 0 Å². The molecule has 0 saturated carbocycles. The quantitative estimate of drug-likeness (QED) is 0.0367. The van der Waals surface area contributed by atoms with Crippen molar-refractivity contribution in [2.75, 3.05) is 13.1 Å². The predicted molar refractivity (Wildman–Crippen MR) is 203 cm³/mol. The number of carbonyl (C=O) groups is 10. The number of nitrogens with two attached hydrogens (primary N) is 3. The summed E-state index contributed by atoms with van der Waals surface area (Å²) in [5.74, 6) is -7.14. The maximum atomic E-state index is 12.1. The van der Waals surface area contributed by atoms with Gasteiger partial charge in [-0.3, -0.25) is 43.2 Å². The number of carbonyl (C=O) groups excluding carboxylic acids is 8. The third-order valence-electron chi connectivity index (χ3n) is 7.30. The largest absolute Gasteiger partial charge is 0.480 e. The second kappa shape index (κ2) is 26.7. The molecule has 11 N–H and O–H groups in total. The van der Waals surface area contributed by atoms with Gasteiger partial charge in [0.05, 0.1) is 18.9 Å². The van der Waals surface area contributed by atoms with Gasteiger partial charge in [0, 0.05) is 46.9 Å². The normalized spacial score (nSPS) is 12.2. The topological polar surface area (TPSA) is 435 Å². The van der Waals surface area contributed by atoms with E-state index in [1.54, 1.807) is 36.4 Å². The van der Waals surface area contributed by atoms with E-state index >= 15 is 0 Å². The van der Waals surface area contributed by atoms with Crippen molar-refractivity contribution in [2.45, 2.75) is 63.5 Å². The van der Waals surface area contributed by atoms with Gasteiger partial charge in [-0.1, -0.05) is 58.8 Å². The lowest BCUT2D eigenvalue weighted by Crippen LogP contribution is -2.48. The lowest BCUT2D eigenvalue weighted by Gasteiger charge is -2.17. The van der Waals surface area contributed by atoms with E-state index in [4.69, 9.17) is 43.3 Å². The molecule has 26 nitrogen and oxygen atoms in total. The SMILES string of the molecule is NC(=O)CCC(N)C(=O)NCC(=O)O.[N-]=[N+]=Nc1ccc(CC(=O)NC(CCC(N)=O)C(=O)NCC(=O)O)cc1.[N-]=[N+]=Nc1ccc(CC(=O)ON2C(=O)CCC2=O)cc1. The number of nitrogens with zero attached hydrogens (tertiary/aromatic N) is 7. The van der Waals surface area contributed by atoms with Crippen LogP contribution < -0.4 is 33.2 Å². The third-order valence-corrected chi connectivity index (χ3v) is 7.30. The Morgan fingerprint density at radius 3 is 1.58 bits per heavy atom. The number of aliphatic carboxylic acids is 2. The van der Waals surface area contributed by atoms with E-state index in [0.717, 1.165) is 0 Å². The molecule has 0 aromatic heterocycles. The smallest absolute Gasteiger partial charge is 0.337 e. The van der Waals surface area contributed by atoms with Crippen LogP contribution in [-0.2, 0) is 65.6 Å². The van der Waals surface area contributed by atoms with Crippen LogP contribution in [0.1, 0.15) is 49.7 Å². The van der Waals surface area contributed by atoms with Crippen LogP contribution in [0.4, 0.5) is 11.4 Å². The van der Waals surface area contributed by atoms with Crippen molar-refractivity contribution in [3.63, 3.8) is 0 Å². The highest BCUT2D eigenvalue weighted by molar-refractivity contribution is 6.01. The lowest BCUT2D eigenvalue weighted by molar-refractivity contribution is -0.197. The van der Waals surface area contributed by atoms with E-state index in [2.05, 4.69) is 36.0 Å². The zero-order valence-electron chi connectivity index (χ0n) is 31.6. The summed E-state index contributed by atoms with van der Waals surface area (Å²) in [5.41, 5.74) is 33.9. The first kappa shape index (κ1) is 49.9. The van der Waals surface area contributed by atoms with Crippen LogP contribution >= 0.6 is 0 Å². The van der Waals surface area contributed by atoms with Crippen LogP contribution in [0.15, 0.2) is 58.8 Å². The van der Waals surface area contributed by atoms with Gasteiger partial charge < -0.3 is 48.2 Å². The van der Waals surface area contributed by atoms with Gasteiger partial charge >= 0.3 is 17.9 Å². The number of carboxylic acids is 2. The summed E-state index contributed by atoms with van der Waals surface area (Å²) in [7, 11) is 0. The molecule has 1 aliphatic heterocycles. The van der Waals surface area contributed by atoms with Gasteiger partial charge in [-0.05, 0) is 35.0 Å². The molecule has 0 radical (unpaired) electrons. The van der Waals surface area contributed by atoms with Crippen LogP contribution in [0.2, 0.25) is 0 Å². The van der Waals surface area contributed by atoms with Gasteiger partial charge in [-0.15, -0.1) is 5.06 Å². The number of imide groups is 1. The summed E-state index contributed by atoms with van der Waals surface area (Å²) < 4.78 is 0. The van der Waals surface area contributed by atoms with Gasteiger partial charge in [0.15, 0.2) is 0 Å². The monoisotopic (exact) mass is 839 g/mol. The molecule has 26 heteroatoms. The van der Waals surface area contributed by atoms with E-state index in [0.29, 0.717) is 27.6 Å². The minimum Gasteiger partial charge on any atom is -0.480 e. The average Bonchev–Trinajstić information content (AvgIpc) is 3.50. The number of amides is 7. The molecular formula is C34H41N13O13. The number of hydrogen-bond donors (Lipinski definition) is 8. The molecule has 7 amide bonds. The molecule has 60 heavy (non-hydrogen) atoms. The van der Waals surface area contributed by atoms with Crippen molar-refractivity contribution in [1.29, 1.82) is 0 Å². The minimum absolute atomic E-state index is 0.00164. The summed E-state index contributed by atoms with van der Waals surface area (Å²) >= 11 is 0. The Labute approximate surface area is 338 Å². The summed E-state index contributed by atoms with van der Waals surface area (Å²) in [6.45, 7) is -1.09. The van der Waals surface area contributed by atoms with Crippen molar-refractivity contribution >= 4 is 70.6 Å². The van der Waals surface area contributed by atoms with Gasteiger partial charge in [0.25, 0.3) is 11.8 Å². The summed E-state index contributed by atoms with van der Waals surface area (Å²) in [6, 6.07) is 10.6. The standard InChI is InChI=1S/C15H18N6O5.C12H10N4O4.C7H13N3O4/c16-12(22)6-5-11(15(26)18-8-14(24)25)19-13(23)7-9-1-3-10(4-2-9)20-21-17;13-15-14-9-3-1-8(2-4-9)7-12(19)20-16-10(17)5-6-11(16)18;8-4(1-2-5(9)11)7(14)10-3-6(12)13/h1-4,11H,5-8H2,(H2,16,22)(H,18,26)(H,19,23)(H,24,25);1-4H,5-7H2;4H,1-3,8H2,(H2,9,11)(H,10,14)(H,12,13). The number of primary amides is 2. The van der Waals surface area contributed by atoms with E-state index in [-0.39, 0.29) is 51.4 Å². The van der Waals surface area contributed by atoms with Gasteiger partial charge in [-0.25, -0.2) is 4.79 Å². The van der Waals surface area contributed by atoms with E-state index in [9.17, 15) is 47.9 Å². The zero-order valence-corrected chi connectivity index (χ0v) is 31.6. The van der Waals surface area contributed by atoms with Crippen molar-refractivity contribution in [3.8, 4) is 0 Å². The number of azide groups is 2. The molecule has 1 saturated heterocycles. The molecule has 0 bridgehead atoms. The second-order valence-electron chi connectivity index (χ2n) is 12.1. The average molecular weight is 840 g/mol. The minimum atomic E-state index is -1.24. The number of carboxylic acid groups (broad SMARTS) is 2. The van der Waals surface area contributed by atoms with E-state index < -0.39 is 84.4 Å². The van der Waals surface area contributed by atoms with E-state index in [1.165, 1.54) is 12.1 Å². The maximum absolute atomic E-state index is 12.1. The summed E-state index contributed by atoms with van der Waals surface area (Å²) in [5, 5.41) is 30.8.